The van der Waals surface area contributed by atoms with Crippen molar-refractivity contribution in [2.45, 2.75) is 32.5 Å². The van der Waals surface area contributed by atoms with Gasteiger partial charge in [-0.1, -0.05) is 0 Å². The average molecular weight is 380 g/mol. The van der Waals surface area contributed by atoms with Crippen molar-refractivity contribution in [2.24, 2.45) is 0 Å². The minimum atomic E-state index is -2.46. The van der Waals surface area contributed by atoms with Crippen LogP contribution in [-0.2, 0) is 6.16 Å². The van der Waals surface area contributed by atoms with Gasteiger partial charge in [-0.2, -0.15) is 0 Å². The second kappa shape index (κ2) is 6.07. The SMILES string of the molecule is CN(C(C)(C)C)P(C)(Br)(Cc1ccccc1)c1ccccc1. The molecule has 0 aliphatic carbocycles. The molecule has 2 aromatic rings. The molecule has 0 aromatic heterocycles. The molecule has 0 atom stereocenters. The molecule has 0 aliphatic heterocycles. The van der Waals surface area contributed by atoms with E-state index in [2.05, 4.69) is 115 Å². The maximum atomic E-state index is 4.29. The van der Waals surface area contributed by atoms with E-state index in [1.54, 1.807) is 0 Å². The van der Waals surface area contributed by atoms with Crippen LogP contribution in [0.4, 0.5) is 0 Å². The molecule has 2 rings (SSSR count). The summed E-state index contributed by atoms with van der Waals surface area (Å²) in [5.74, 6) is 0. The molecule has 0 spiro atoms. The molecular formula is C19H27BrNP. The zero-order valence-corrected chi connectivity index (χ0v) is 16.7. The Labute approximate surface area is 143 Å². The fourth-order valence-electron chi connectivity index (χ4n) is 2.96. The predicted octanol–water partition coefficient (Wildman–Crippen LogP) is 5.65. The Morgan fingerprint density at radius 3 is 1.82 bits per heavy atom. The van der Waals surface area contributed by atoms with E-state index in [-0.39, 0.29) is 5.54 Å². The molecule has 0 fully saturated rings. The van der Waals surface area contributed by atoms with E-state index in [0.717, 1.165) is 6.16 Å². The predicted molar refractivity (Wildman–Crippen MR) is 106 cm³/mol. The van der Waals surface area contributed by atoms with Crippen LogP contribution in [0.15, 0.2) is 60.7 Å². The first-order valence-electron chi connectivity index (χ1n) is 7.70. The van der Waals surface area contributed by atoms with Gasteiger partial charge in [0, 0.05) is 0 Å². The van der Waals surface area contributed by atoms with Gasteiger partial charge in [-0.15, -0.1) is 0 Å². The summed E-state index contributed by atoms with van der Waals surface area (Å²) in [7, 11) is 2.25. The fourth-order valence-corrected chi connectivity index (χ4v) is 10.2. The van der Waals surface area contributed by atoms with Crippen LogP contribution in [0.5, 0.6) is 0 Å². The van der Waals surface area contributed by atoms with Crippen LogP contribution in [0, 0.1) is 0 Å². The summed E-state index contributed by atoms with van der Waals surface area (Å²) in [5, 5.41) is 1.40. The van der Waals surface area contributed by atoms with Crippen molar-refractivity contribution in [3.8, 4) is 0 Å². The Hall–Kier alpha value is -0.690. The van der Waals surface area contributed by atoms with Crippen LogP contribution >= 0.6 is 20.9 Å². The third kappa shape index (κ3) is 3.45. The first-order chi connectivity index (χ1) is 10.1. The van der Waals surface area contributed by atoms with Gasteiger partial charge in [0.15, 0.2) is 0 Å². The number of benzene rings is 2. The summed E-state index contributed by atoms with van der Waals surface area (Å²) < 4.78 is 2.56. The van der Waals surface area contributed by atoms with E-state index in [0.29, 0.717) is 0 Å². The van der Waals surface area contributed by atoms with Gasteiger partial charge in [0.25, 0.3) is 0 Å². The van der Waals surface area contributed by atoms with E-state index < -0.39 is 5.46 Å². The molecule has 0 aliphatic rings. The van der Waals surface area contributed by atoms with Crippen molar-refractivity contribution in [1.29, 1.82) is 0 Å². The van der Waals surface area contributed by atoms with Gasteiger partial charge >= 0.3 is 143 Å². The van der Waals surface area contributed by atoms with E-state index in [1.165, 1.54) is 10.9 Å². The van der Waals surface area contributed by atoms with Crippen LogP contribution in [0.2, 0.25) is 0 Å². The molecule has 0 bridgehead atoms. The zero-order valence-electron chi connectivity index (χ0n) is 14.3. The number of hydrogen-bond acceptors (Lipinski definition) is 1. The van der Waals surface area contributed by atoms with Crippen LogP contribution in [-0.4, -0.2) is 23.9 Å². The summed E-state index contributed by atoms with van der Waals surface area (Å²) in [4.78, 5) is 0. The molecule has 0 radical (unpaired) electrons. The monoisotopic (exact) mass is 379 g/mol. The fraction of sp³-hybridized carbons (Fsp3) is 0.368. The summed E-state index contributed by atoms with van der Waals surface area (Å²) in [5.41, 5.74) is -0.997. The van der Waals surface area contributed by atoms with Crippen molar-refractivity contribution in [3.05, 3.63) is 66.2 Å². The summed E-state index contributed by atoms with van der Waals surface area (Å²) in [6, 6.07) is 21.7. The van der Waals surface area contributed by atoms with E-state index in [9.17, 15) is 0 Å². The van der Waals surface area contributed by atoms with Gasteiger partial charge in [-0.25, -0.2) is 0 Å². The molecule has 2 aromatic carbocycles. The third-order valence-electron chi connectivity index (χ3n) is 4.55. The number of halogens is 1. The minimum absolute atomic E-state index is 0.0840. The molecule has 0 unspecified atom stereocenters. The standard InChI is InChI=1S/C19H27BrNP/c1-19(2,3)21(4)22(5,20,18-14-10-7-11-15-18)16-17-12-8-6-9-13-17/h6-15H,16H2,1-5H3. The van der Waals surface area contributed by atoms with Crippen molar-refractivity contribution >= 4 is 26.3 Å². The molecule has 22 heavy (non-hydrogen) atoms. The Balaban J connectivity index is 2.59. The molecule has 0 saturated heterocycles. The van der Waals surface area contributed by atoms with Crippen LogP contribution in [0.3, 0.4) is 0 Å². The Kier molecular flexibility index (Phi) is 4.88. The Morgan fingerprint density at radius 1 is 0.909 bits per heavy atom. The number of nitrogens with zero attached hydrogens (tertiary/aromatic N) is 1. The van der Waals surface area contributed by atoms with Gasteiger partial charge in [-0.3, -0.25) is 0 Å². The van der Waals surface area contributed by atoms with Crippen LogP contribution < -0.4 is 5.30 Å². The summed E-state index contributed by atoms with van der Waals surface area (Å²) in [6.07, 6.45) is 1.02. The van der Waals surface area contributed by atoms with Crippen molar-refractivity contribution in [3.63, 3.8) is 0 Å². The second-order valence-electron chi connectivity index (χ2n) is 7.26. The van der Waals surface area contributed by atoms with Crippen molar-refractivity contribution in [1.82, 2.24) is 4.67 Å². The maximum absolute atomic E-state index is 4.29. The molecule has 0 heterocycles. The van der Waals surface area contributed by atoms with E-state index in [1.807, 2.05) is 0 Å². The molecule has 0 saturated carbocycles. The third-order valence-corrected chi connectivity index (χ3v) is 12.8. The topological polar surface area (TPSA) is 3.24 Å². The molecule has 0 N–H and O–H groups in total. The zero-order chi connectivity index (χ0) is 16.5. The Morgan fingerprint density at radius 2 is 1.36 bits per heavy atom. The Bertz CT molecular complexity index is 617. The van der Waals surface area contributed by atoms with Gasteiger partial charge in [0.1, 0.15) is 0 Å². The molecule has 3 heteroatoms. The molecule has 1 nitrogen and oxygen atoms in total. The summed E-state index contributed by atoms with van der Waals surface area (Å²) >= 11 is 4.29. The van der Waals surface area contributed by atoms with Crippen molar-refractivity contribution < 1.29 is 0 Å². The number of rotatable bonds is 4. The summed E-state index contributed by atoms with van der Waals surface area (Å²) in [6.45, 7) is 9.27. The second-order valence-corrected chi connectivity index (χ2v) is 17.5. The van der Waals surface area contributed by atoms with E-state index in [4.69, 9.17) is 0 Å². The van der Waals surface area contributed by atoms with Crippen molar-refractivity contribution in [2.75, 3.05) is 13.7 Å². The molecular weight excluding hydrogens is 353 g/mol. The first kappa shape index (κ1) is 17.7. The van der Waals surface area contributed by atoms with Crippen LogP contribution in [0.1, 0.15) is 26.3 Å². The normalized spacial score (nSPS) is 14.6. The molecule has 0 amide bonds. The number of hydrogen-bond donors (Lipinski definition) is 0. The van der Waals surface area contributed by atoms with Gasteiger partial charge in [0.2, 0.25) is 0 Å². The quantitative estimate of drug-likeness (QED) is 0.620. The van der Waals surface area contributed by atoms with E-state index >= 15 is 0 Å². The molecule has 120 valence electrons. The van der Waals surface area contributed by atoms with Crippen LogP contribution in [0.25, 0.3) is 0 Å². The van der Waals surface area contributed by atoms with Gasteiger partial charge in [0.05, 0.1) is 0 Å². The van der Waals surface area contributed by atoms with Gasteiger partial charge < -0.3 is 0 Å². The van der Waals surface area contributed by atoms with Gasteiger partial charge in [-0.05, 0) is 0 Å². The first-order valence-corrected chi connectivity index (χ1v) is 12.5. The average Bonchev–Trinajstić information content (AvgIpc) is 2.47.